The zero-order valence-corrected chi connectivity index (χ0v) is 13.5. The summed E-state index contributed by atoms with van der Waals surface area (Å²) in [5.74, 6) is 0.0446. The van der Waals surface area contributed by atoms with Crippen molar-refractivity contribution in [3.8, 4) is 0 Å². The Balaban J connectivity index is 2.10. The maximum atomic E-state index is 11.2. The molecule has 0 saturated heterocycles. The second-order valence-electron chi connectivity index (χ2n) is 5.50. The second kappa shape index (κ2) is 6.42. The molecule has 0 fully saturated rings. The Kier molecular flexibility index (Phi) is 4.35. The lowest BCUT2D eigenvalue weighted by molar-refractivity contribution is 0.0697. The van der Waals surface area contributed by atoms with Crippen LogP contribution in [0.25, 0.3) is 11.0 Å². The molecule has 0 saturated carbocycles. The van der Waals surface area contributed by atoms with Gasteiger partial charge in [0.1, 0.15) is 5.82 Å². The van der Waals surface area contributed by atoms with Crippen LogP contribution < -0.4 is 0 Å². The average Bonchev–Trinajstić information content (AvgIpc) is 2.87. The van der Waals surface area contributed by atoms with E-state index in [9.17, 15) is 9.90 Å². The van der Waals surface area contributed by atoms with Crippen LogP contribution in [-0.4, -0.2) is 20.6 Å². The van der Waals surface area contributed by atoms with E-state index < -0.39 is 5.97 Å². The molecule has 3 aromatic rings. The number of aromatic nitrogens is 2. The fraction of sp³-hybridized carbons (Fsp3) is 0.222. The Labute approximate surface area is 139 Å². The van der Waals surface area contributed by atoms with Crippen molar-refractivity contribution in [2.24, 2.45) is 0 Å². The van der Waals surface area contributed by atoms with Crippen LogP contribution in [0.3, 0.4) is 0 Å². The minimum Gasteiger partial charge on any atom is -0.478 e. The molecule has 0 aliphatic rings. The molecule has 1 aromatic heterocycles. The molecule has 0 atom stereocenters. The molecule has 0 spiro atoms. The number of carbonyl (C=O) groups is 1. The SMILES string of the molecule is CCCc1nc2ccc(C(=O)O)cc2n1Cc1ccc(Cl)cc1. The monoisotopic (exact) mass is 328 g/mol. The van der Waals surface area contributed by atoms with Gasteiger partial charge in [0.15, 0.2) is 0 Å². The summed E-state index contributed by atoms with van der Waals surface area (Å²) in [4.78, 5) is 15.9. The fourth-order valence-electron chi connectivity index (χ4n) is 2.67. The van der Waals surface area contributed by atoms with Gasteiger partial charge in [-0.3, -0.25) is 0 Å². The first-order valence-corrected chi connectivity index (χ1v) is 7.93. The summed E-state index contributed by atoms with van der Waals surface area (Å²) in [6.45, 7) is 2.75. The molecular formula is C18H17ClN2O2. The lowest BCUT2D eigenvalue weighted by Gasteiger charge is -2.09. The molecule has 0 radical (unpaired) electrons. The molecule has 118 valence electrons. The number of hydrogen-bond donors (Lipinski definition) is 1. The van der Waals surface area contributed by atoms with Gasteiger partial charge in [-0.25, -0.2) is 9.78 Å². The zero-order valence-electron chi connectivity index (χ0n) is 12.8. The molecule has 23 heavy (non-hydrogen) atoms. The van der Waals surface area contributed by atoms with Gasteiger partial charge in [-0.05, 0) is 42.3 Å². The highest BCUT2D eigenvalue weighted by Gasteiger charge is 2.13. The highest BCUT2D eigenvalue weighted by atomic mass is 35.5. The molecule has 0 aliphatic carbocycles. The first-order valence-electron chi connectivity index (χ1n) is 7.55. The molecule has 0 bridgehead atoms. The van der Waals surface area contributed by atoms with Crippen molar-refractivity contribution < 1.29 is 9.90 Å². The van der Waals surface area contributed by atoms with E-state index in [1.54, 1.807) is 18.2 Å². The molecule has 1 heterocycles. The molecule has 0 amide bonds. The number of rotatable bonds is 5. The highest BCUT2D eigenvalue weighted by Crippen LogP contribution is 2.21. The van der Waals surface area contributed by atoms with E-state index in [-0.39, 0.29) is 5.56 Å². The molecule has 5 heteroatoms. The van der Waals surface area contributed by atoms with Crippen LogP contribution in [0.5, 0.6) is 0 Å². The zero-order chi connectivity index (χ0) is 16.4. The predicted molar refractivity (Wildman–Crippen MR) is 91.2 cm³/mol. The number of imidazole rings is 1. The molecule has 1 N–H and O–H groups in total. The number of carboxylic acids is 1. The molecule has 4 nitrogen and oxygen atoms in total. The highest BCUT2D eigenvalue weighted by molar-refractivity contribution is 6.30. The number of hydrogen-bond acceptors (Lipinski definition) is 2. The number of fused-ring (bicyclic) bond motifs is 1. The van der Waals surface area contributed by atoms with Gasteiger partial charge < -0.3 is 9.67 Å². The normalized spacial score (nSPS) is 11.0. The molecular weight excluding hydrogens is 312 g/mol. The average molecular weight is 329 g/mol. The third kappa shape index (κ3) is 3.22. The number of halogens is 1. The largest absolute Gasteiger partial charge is 0.478 e. The topological polar surface area (TPSA) is 55.1 Å². The van der Waals surface area contributed by atoms with Crippen molar-refractivity contribution in [3.05, 3.63) is 64.4 Å². The lowest BCUT2D eigenvalue weighted by Crippen LogP contribution is -2.05. The third-order valence-corrected chi connectivity index (χ3v) is 4.05. The van der Waals surface area contributed by atoms with Gasteiger partial charge in [-0.15, -0.1) is 0 Å². The van der Waals surface area contributed by atoms with E-state index in [0.29, 0.717) is 11.6 Å². The van der Waals surface area contributed by atoms with Gasteiger partial charge in [-0.2, -0.15) is 0 Å². The van der Waals surface area contributed by atoms with Gasteiger partial charge in [-0.1, -0.05) is 30.7 Å². The van der Waals surface area contributed by atoms with Crippen LogP contribution in [0, 0.1) is 0 Å². The quantitative estimate of drug-likeness (QED) is 0.755. The van der Waals surface area contributed by atoms with Crippen LogP contribution in [-0.2, 0) is 13.0 Å². The van der Waals surface area contributed by atoms with E-state index in [2.05, 4.69) is 16.5 Å². The summed E-state index contributed by atoms with van der Waals surface area (Å²) in [5, 5.41) is 9.92. The van der Waals surface area contributed by atoms with Gasteiger partial charge in [0.2, 0.25) is 0 Å². The molecule has 3 rings (SSSR count). The van der Waals surface area contributed by atoms with E-state index in [0.717, 1.165) is 35.3 Å². The first-order chi connectivity index (χ1) is 11.1. The van der Waals surface area contributed by atoms with Gasteiger partial charge in [0.05, 0.1) is 16.6 Å². The molecule has 0 unspecified atom stereocenters. The Hall–Kier alpha value is -2.33. The molecule has 2 aromatic carbocycles. The number of aryl methyl sites for hydroxylation is 1. The first kappa shape index (κ1) is 15.6. The Morgan fingerprint density at radius 1 is 1.22 bits per heavy atom. The third-order valence-electron chi connectivity index (χ3n) is 3.80. The van der Waals surface area contributed by atoms with Crippen LogP contribution in [0.15, 0.2) is 42.5 Å². The second-order valence-corrected chi connectivity index (χ2v) is 5.94. The van der Waals surface area contributed by atoms with E-state index in [1.165, 1.54) is 0 Å². The summed E-state index contributed by atoms with van der Waals surface area (Å²) >= 11 is 5.94. The van der Waals surface area contributed by atoms with E-state index in [1.807, 2.05) is 24.3 Å². The van der Waals surface area contributed by atoms with Crippen molar-refractivity contribution >= 4 is 28.6 Å². The van der Waals surface area contributed by atoms with E-state index >= 15 is 0 Å². The minimum atomic E-state index is -0.928. The van der Waals surface area contributed by atoms with Crippen molar-refractivity contribution in [1.29, 1.82) is 0 Å². The van der Waals surface area contributed by atoms with Gasteiger partial charge in [0.25, 0.3) is 0 Å². The Morgan fingerprint density at radius 2 is 1.96 bits per heavy atom. The Morgan fingerprint density at radius 3 is 2.61 bits per heavy atom. The maximum Gasteiger partial charge on any atom is 0.335 e. The van der Waals surface area contributed by atoms with Crippen LogP contribution in [0.4, 0.5) is 0 Å². The molecule has 0 aliphatic heterocycles. The summed E-state index contributed by atoms with van der Waals surface area (Å²) in [6, 6.07) is 12.7. The van der Waals surface area contributed by atoms with Crippen LogP contribution >= 0.6 is 11.6 Å². The Bertz CT molecular complexity index is 853. The van der Waals surface area contributed by atoms with Crippen LogP contribution in [0.1, 0.15) is 35.1 Å². The number of benzene rings is 2. The number of nitrogens with zero attached hydrogens (tertiary/aromatic N) is 2. The van der Waals surface area contributed by atoms with Crippen molar-refractivity contribution in [3.63, 3.8) is 0 Å². The minimum absolute atomic E-state index is 0.276. The van der Waals surface area contributed by atoms with Crippen molar-refractivity contribution in [1.82, 2.24) is 9.55 Å². The summed E-state index contributed by atoms with van der Waals surface area (Å²) in [7, 11) is 0. The van der Waals surface area contributed by atoms with Crippen molar-refractivity contribution in [2.75, 3.05) is 0 Å². The standard InChI is InChI=1S/C18H17ClN2O2/c1-2-3-17-20-15-9-6-13(18(22)23)10-16(15)21(17)11-12-4-7-14(19)8-5-12/h4-10H,2-3,11H2,1H3,(H,22,23). The predicted octanol–water partition coefficient (Wildman–Crippen LogP) is 4.39. The number of carboxylic acid groups (broad SMARTS) is 1. The van der Waals surface area contributed by atoms with E-state index in [4.69, 9.17) is 11.6 Å². The fourth-order valence-corrected chi connectivity index (χ4v) is 2.79. The summed E-state index contributed by atoms with van der Waals surface area (Å²) in [5.41, 5.74) is 3.06. The maximum absolute atomic E-state index is 11.2. The van der Waals surface area contributed by atoms with Gasteiger partial charge in [0, 0.05) is 18.0 Å². The van der Waals surface area contributed by atoms with Crippen LogP contribution in [0.2, 0.25) is 5.02 Å². The lowest BCUT2D eigenvalue weighted by atomic mass is 10.2. The summed E-state index contributed by atoms with van der Waals surface area (Å²) < 4.78 is 2.09. The smallest absolute Gasteiger partial charge is 0.335 e. The number of aromatic carboxylic acids is 1. The van der Waals surface area contributed by atoms with Gasteiger partial charge >= 0.3 is 5.97 Å². The summed E-state index contributed by atoms with van der Waals surface area (Å²) in [6.07, 6.45) is 1.83. The van der Waals surface area contributed by atoms with Crippen molar-refractivity contribution in [2.45, 2.75) is 26.3 Å².